The largest absolute Gasteiger partial charge is 0.465 e. The van der Waals surface area contributed by atoms with E-state index in [9.17, 15) is 33.2 Å². The lowest BCUT2D eigenvalue weighted by Gasteiger charge is -2.28. The number of hydrogen-bond acceptors (Lipinski definition) is 9. The van der Waals surface area contributed by atoms with Crippen molar-refractivity contribution in [2.24, 2.45) is 23.5 Å². The van der Waals surface area contributed by atoms with Crippen LogP contribution in [-0.2, 0) is 23.9 Å². The predicted molar refractivity (Wildman–Crippen MR) is 190 cm³/mol. The van der Waals surface area contributed by atoms with Gasteiger partial charge in [0.15, 0.2) is 0 Å². The van der Waals surface area contributed by atoms with Crippen molar-refractivity contribution in [1.29, 1.82) is 0 Å². The summed E-state index contributed by atoms with van der Waals surface area (Å²) in [6.45, 7) is 14.1. The molecule has 2 aromatic rings. The van der Waals surface area contributed by atoms with Crippen LogP contribution in [0.1, 0.15) is 92.0 Å². The number of ether oxygens (including phenoxy) is 1. The standard InChI is InChI=1S/C35H51FN6O7S/c1-10-23(21-11-13-22(36)14-12-21)29(43)42-34-24(35(48)49-9)20(8)28(50-34)33(47)39-16-15-38-31(45)26(18(4)5)41-32(46)27(19(6)7)40-30(44)25(37)17(2)3/h11-14,17-19,23,25-27H,10,15-16,37H2,1-9H3,(H,38,45)(H,39,47)(H,40,44)(H,41,46)(H,42,43)/t23?,25-,26-,27-/m0/s1. The van der Waals surface area contributed by atoms with Crippen LogP contribution in [-0.4, -0.2) is 73.8 Å². The third kappa shape index (κ3) is 11.1. The molecule has 1 aromatic heterocycles. The molecule has 0 spiro atoms. The molecule has 0 radical (unpaired) electrons. The van der Waals surface area contributed by atoms with Crippen molar-refractivity contribution in [3.05, 3.63) is 51.7 Å². The SMILES string of the molecule is CCC(C(=O)Nc1sc(C(=O)NCCNC(=O)[C@@H](NC(=O)[C@@H](NC(=O)[C@@H](N)C(C)C)C(C)C)C(C)C)c(C)c1C(=O)OC)c1ccc(F)cc1. The maximum atomic E-state index is 13.5. The second kappa shape index (κ2) is 19.1. The number of anilines is 1. The molecule has 0 aliphatic rings. The van der Waals surface area contributed by atoms with Crippen LogP contribution in [0.25, 0.3) is 0 Å². The minimum absolute atomic E-state index is 0.0101. The first-order valence-electron chi connectivity index (χ1n) is 16.6. The summed E-state index contributed by atoms with van der Waals surface area (Å²) >= 11 is 0.907. The van der Waals surface area contributed by atoms with Crippen LogP contribution in [0.2, 0.25) is 0 Å². The average Bonchev–Trinajstić information content (AvgIpc) is 3.38. The Morgan fingerprint density at radius 1 is 0.800 bits per heavy atom. The molecule has 0 saturated heterocycles. The van der Waals surface area contributed by atoms with Gasteiger partial charge in [-0.25, -0.2) is 9.18 Å². The zero-order valence-corrected chi connectivity index (χ0v) is 31.0. The number of methoxy groups -OCH3 is 1. The quantitative estimate of drug-likeness (QED) is 0.106. The van der Waals surface area contributed by atoms with Crippen LogP contribution in [0.5, 0.6) is 0 Å². The second-order valence-electron chi connectivity index (χ2n) is 13.0. The van der Waals surface area contributed by atoms with Crippen molar-refractivity contribution in [2.45, 2.75) is 85.9 Å². The van der Waals surface area contributed by atoms with E-state index in [-0.39, 0.29) is 46.3 Å². The van der Waals surface area contributed by atoms with E-state index < -0.39 is 65.4 Å². The smallest absolute Gasteiger partial charge is 0.341 e. The molecule has 0 aliphatic heterocycles. The van der Waals surface area contributed by atoms with Gasteiger partial charge in [-0.15, -0.1) is 11.3 Å². The summed E-state index contributed by atoms with van der Waals surface area (Å²) in [5.74, 6) is -4.95. The fraction of sp³-hybridized carbons (Fsp3) is 0.543. The van der Waals surface area contributed by atoms with E-state index in [4.69, 9.17) is 10.5 Å². The zero-order chi connectivity index (χ0) is 37.9. The Morgan fingerprint density at radius 2 is 1.34 bits per heavy atom. The molecule has 0 fully saturated rings. The van der Waals surface area contributed by atoms with Crippen LogP contribution < -0.4 is 32.3 Å². The van der Waals surface area contributed by atoms with Gasteiger partial charge in [-0.05, 0) is 54.4 Å². The Balaban J connectivity index is 2.09. The minimum Gasteiger partial charge on any atom is -0.465 e. The van der Waals surface area contributed by atoms with Crippen LogP contribution in [0.15, 0.2) is 24.3 Å². The zero-order valence-electron chi connectivity index (χ0n) is 30.2. The van der Waals surface area contributed by atoms with E-state index in [0.717, 1.165) is 11.3 Å². The van der Waals surface area contributed by atoms with Crippen molar-refractivity contribution in [3.8, 4) is 0 Å². The lowest BCUT2D eigenvalue weighted by Crippen LogP contribution is -2.59. The fourth-order valence-corrected chi connectivity index (χ4v) is 6.16. The van der Waals surface area contributed by atoms with Crippen molar-refractivity contribution in [2.75, 3.05) is 25.5 Å². The van der Waals surface area contributed by atoms with E-state index >= 15 is 0 Å². The van der Waals surface area contributed by atoms with E-state index in [1.165, 1.54) is 31.4 Å². The molecule has 276 valence electrons. The summed E-state index contributed by atoms with van der Waals surface area (Å²) in [5, 5.41) is 13.7. The number of thiophene rings is 1. The van der Waals surface area contributed by atoms with E-state index in [2.05, 4.69) is 26.6 Å². The number of rotatable bonds is 17. The van der Waals surface area contributed by atoms with Gasteiger partial charge in [-0.1, -0.05) is 60.6 Å². The summed E-state index contributed by atoms with van der Waals surface area (Å²) in [7, 11) is 1.19. The second-order valence-corrected chi connectivity index (χ2v) is 14.1. The summed E-state index contributed by atoms with van der Waals surface area (Å²) in [6, 6.07) is 2.94. The number of benzene rings is 1. The number of amides is 5. The average molecular weight is 719 g/mol. The van der Waals surface area contributed by atoms with Crippen LogP contribution >= 0.6 is 11.3 Å². The fourth-order valence-electron chi connectivity index (χ4n) is 5.05. The predicted octanol–water partition coefficient (Wildman–Crippen LogP) is 3.23. The van der Waals surface area contributed by atoms with E-state index in [1.807, 2.05) is 0 Å². The van der Waals surface area contributed by atoms with Crippen molar-refractivity contribution < 1.29 is 37.9 Å². The summed E-state index contributed by atoms with van der Waals surface area (Å²) in [6.07, 6.45) is 0.400. The molecule has 5 amide bonds. The molecular weight excluding hydrogens is 667 g/mol. The normalized spacial score (nSPS) is 13.6. The van der Waals surface area contributed by atoms with Gasteiger partial charge in [0.2, 0.25) is 23.6 Å². The van der Waals surface area contributed by atoms with Gasteiger partial charge in [-0.2, -0.15) is 0 Å². The number of carbonyl (C=O) groups is 6. The minimum atomic E-state index is -0.926. The highest BCUT2D eigenvalue weighted by molar-refractivity contribution is 7.18. The van der Waals surface area contributed by atoms with Gasteiger partial charge in [-0.3, -0.25) is 24.0 Å². The van der Waals surface area contributed by atoms with Gasteiger partial charge in [0, 0.05) is 13.1 Å². The molecule has 1 unspecified atom stereocenters. The van der Waals surface area contributed by atoms with Gasteiger partial charge in [0.05, 0.1) is 29.5 Å². The monoisotopic (exact) mass is 718 g/mol. The molecule has 15 heteroatoms. The highest BCUT2D eigenvalue weighted by Crippen LogP contribution is 2.35. The van der Waals surface area contributed by atoms with Crippen molar-refractivity contribution in [3.63, 3.8) is 0 Å². The molecule has 0 bridgehead atoms. The number of halogens is 1. The number of nitrogens with two attached hydrogens (primary N) is 1. The Kier molecular flexibility index (Phi) is 16.0. The molecular formula is C35H51FN6O7S. The van der Waals surface area contributed by atoms with Gasteiger partial charge in [0.25, 0.3) is 5.91 Å². The molecule has 0 aliphatic carbocycles. The molecule has 4 atom stereocenters. The van der Waals surface area contributed by atoms with Gasteiger partial charge < -0.3 is 37.1 Å². The van der Waals surface area contributed by atoms with Crippen LogP contribution in [0.4, 0.5) is 9.39 Å². The maximum Gasteiger partial charge on any atom is 0.341 e. The summed E-state index contributed by atoms with van der Waals surface area (Å²) in [4.78, 5) is 78.1. The summed E-state index contributed by atoms with van der Waals surface area (Å²) in [5.41, 5.74) is 6.88. The molecule has 13 nitrogen and oxygen atoms in total. The third-order valence-corrected chi connectivity index (χ3v) is 9.41. The van der Waals surface area contributed by atoms with Gasteiger partial charge >= 0.3 is 5.97 Å². The first-order chi connectivity index (χ1) is 23.4. The molecule has 2 rings (SSSR count). The molecule has 0 saturated carbocycles. The highest BCUT2D eigenvalue weighted by atomic mass is 32.1. The topological polar surface area (TPSA) is 198 Å². The summed E-state index contributed by atoms with van der Waals surface area (Å²) < 4.78 is 18.4. The Labute approximate surface area is 297 Å². The number of nitrogens with one attached hydrogen (secondary N) is 5. The highest BCUT2D eigenvalue weighted by Gasteiger charge is 2.32. The van der Waals surface area contributed by atoms with Gasteiger partial charge in [0.1, 0.15) is 22.9 Å². The Hall–Kier alpha value is -4.37. The van der Waals surface area contributed by atoms with E-state index in [0.29, 0.717) is 17.5 Å². The molecule has 1 aromatic carbocycles. The first-order valence-corrected chi connectivity index (χ1v) is 17.5. The molecule has 1 heterocycles. The Morgan fingerprint density at radius 3 is 1.86 bits per heavy atom. The molecule has 50 heavy (non-hydrogen) atoms. The maximum absolute atomic E-state index is 13.5. The Bertz CT molecular complexity index is 1530. The van der Waals surface area contributed by atoms with Crippen molar-refractivity contribution in [1.82, 2.24) is 21.3 Å². The van der Waals surface area contributed by atoms with Crippen molar-refractivity contribution >= 4 is 51.8 Å². The number of esters is 1. The van der Waals surface area contributed by atoms with Crippen LogP contribution in [0.3, 0.4) is 0 Å². The third-order valence-electron chi connectivity index (χ3n) is 8.20. The number of hydrogen-bond donors (Lipinski definition) is 6. The molecule has 7 N–H and O–H groups in total. The van der Waals surface area contributed by atoms with Crippen LogP contribution in [0, 0.1) is 30.5 Å². The number of carbonyl (C=O) groups excluding carboxylic acids is 6. The first kappa shape index (κ1) is 41.8. The lowest BCUT2D eigenvalue weighted by molar-refractivity contribution is -0.134. The lowest BCUT2D eigenvalue weighted by atomic mass is 9.95. The van der Waals surface area contributed by atoms with E-state index in [1.54, 1.807) is 55.4 Å².